The normalized spacial score (nSPS) is 22.8. The lowest BCUT2D eigenvalue weighted by atomic mass is 9.73. The lowest BCUT2D eigenvalue weighted by Gasteiger charge is -2.45. The summed E-state index contributed by atoms with van der Waals surface area (Å²) in [6.07, 6.45) is 7.35. The van der Waals surface area contributed by atoms with Crippen LogP contribution in [0.25, 0.3) is 6.08 Å². The molecule has 128 valence electrons. The molecule has 1 aliphatic rings. The Bertz CT molecular complexity index is 842. The fourth-order valence-corrected chi connectivity index (χ4v) is 7.89. The molecule has 0 heterocycles. The van der Waals surface area contributed by atoms with Crippen LogP contribution < -0.4 is 5.19 Å². The Labute approximate surface area is 149 Å². The van der Waals surface area contributed by atoms with Gasteiger partial charge in [0.2, 0.25) is 6.20 Å². The monoisotopic (exact) mass is 349 g/mol. The van der Waals surface area contributed by atoms with Crippen LogP contribution in [0.2, 0.25) is 18.6 Å². The van der Waals surface area contributed by atoms with Crippen molar-refractivity contribution in [3.63, 3.8) is 0 Å². The molecule has 0 unspecified atom stereocenters. The van der Waals surface area contributed by atoms with Crippen LogP contribution in [0, 0.1) is 10.1 Å². The molecule has 0 fully saturated rings. The zero-order valence-electron chi connectivity index (χ0n) is 14.8. The van der Waals surface area contributed by atoms with Gasteiger partial charge in [-0.2, -0.15) is 0 Å². The number of allylic oxidation sites excluding steroid dienone is 2. The molecule has 0 N–H and O–H groups in total. The number of benzene rings is 2. The number of hydrogen-bond acceptors (Lipinski definition) is 2. The molecule has 0 amide bonds. The van der Waals surface area contributed by atoms with Gasteiger partial charge < -0.3 is 0 Å². The van der Waals surface area contributed by atoms with E-state index in [4.69, 9.17) is 0 Å². The molecule has 2 atom stereocenters. The Morgan fingerprint density at radius 3 is 2.40 bits per heavy atom. The SMILES string of the molecule is C[C@@]1(/C=C/[N+](=O)[O-])c2ccccc2C=C[C@@H]1[Si](C)(C)c1ccccc1. The molecule has 2 aromatic rings. The van der Waals surface area contributed by atoms with Crippen LogP contribution in [0.15, 0.2) is 72.9 Å². The van der Waals surface area contributed by atoms with E-state index < -0.39 is 13.5 Å². The summed E-state index contributed by atoms with van der Waals surface area (Å²) >= 11 is 0. The summed E-state index contributed by atoms with van der Waals surface area (Å²) in [5.74, 6) is 0. The Kier molecular flexibility index (Phi) is 4.48. The van der Waals surface area contributed by atoms with Gasteiger partial charge in [-0.15, -0.1) is 0 Å². The molecule has 1 aliphatic carbocycles. The van der Waals surface area contributed by atoms with Crippen LogP contribution in [-0.2, 0) is 5.41 Å². The highest BCUT2D eigenvalue weighted by molar-refractivity contribution is 6.91. The first-order valence-electron chi connectivity index (χ1n) is 8.52. The molecular weight excluding hydrogens is 326 g/mol. The molecule has 0 saturated carbocycles. The largest absolute Gasteiger partial charge is 0.259 e. The molecule has 0 bridgehead atoms. The topological polar surface area (TPSA) is 43.1 Å². The molecule has 0 spiro atoms. The van der Waals surface area contributed by atoms with Crippen LogP contribution in [-0.4, -0.2) is 13.0 Å². The maximum absolute atomic E-state index is 11.0. The third-order valence-corrected chi connectivity index (χ3v) is 9.66. The van der Waals surface area contributed by atoms with E-state index in [2.05, 4.69) is 68.6 Å². The molecule has 0 radical (unpaired) electrons. The van der Waals surface area contributed by atoms with E-state index in [1.165, 1.54) is 5.19 Å². The minimum Gasteiger partial charge on any atom is -0.259 e. The van der Waals surface area contributed by atoms with Crippen LogP contribution in [0.5, 0.6) is 0 Å². The molecule has 2 aromatic carbocycles. The fraction of sp³-hybridized carbons (Fsp3) is 0.238. The van der Waals surface area contributed by atoms with Gasteiger partial charge in [0.15, 0.2) is 0 Å². The number of hydrogen-bond donors (Lipinski definition) is 0. The van der Waals surface area contributed by atoms with Gasteiger partial charge in [0, 0.05) is 5.41 Å². The molecular formula is C21H23NO2Si. The van der Waals surface area contributed by atoms with Crippen molar-refractivity contribution < 1.29 is 4.92 Å². The zero-order valence-corrected chi connectivity index (χ0v) is 15.8. The van der Waals surface area contributed by atoms with E-state index in [1.807, 2.05) is 18.2 Å². The van der Waals surface area contributed by atoms with E-state index in [9.17, 15) is 10.1 Å². The molecule has 0 saturated heterocycles. The summed E-state index contributed by atoms with van der Waals surface area (Å²) in [6.45, 7) is 6.84. The van der Waals surface area contributed by atoms with Gasteiger partial charge >= 0.3 is 0 Å². The predicted molar refractivity (Wildman–Crippen MR) is 106 cm³/mol. The van der Waals surface area contributed by atoms with Crippen LogP contribution in [0.3, 0.4) is 0 Å². The first-order chi connectivity index (χ1) is 11.9. The third kappa shape index (κ3) is 3.09. The van der Waals surface area contributed by atoms with E-state index in [1.54, 1.807) is 6.08 Å². The standard InChI is InChI=1S/C21H23NO2Si/c1-21(15-16-22(23)24)19-12-8-7-9-17(19)13-14-20(21)25(2,3)18-10-5-4-6-11-18/h4-16,20H,1-3H3/b16-15+/t20-,21+/m0/s1. The van der Waals surface area contributed by atoms with Gasteiger partial charge in [0.25, 0.3) is 0 Å². The van der Waals surface area contributed by atoms with Crippen molar-refractivity contribution in [2.75, 3.05) is 0 Å². The quantitative estimate of drug-likeness (QED) is 0.454. The first kappa shape index (κ1) is 17.4. The van der Waals surface area contributed by atoms with Crippen LogP contribution >= 0.6 is 0 Å². The number of nitrogens with zero attached hydrogens (tertiary/aromatic N) is 1. The second kappa shape index (κ2) is 6.45. The molecule has 0 aliphatic heterocycles. The molecule has 25 heavy (non-hydrogen) atoms. The fourth-order valence-electron chi connectivity index (χ4n) is 4.15. The Morgan fingerprint density at radius 2 is 1.72 bits per heavy atom. The second-order valence-electron chi connectivity index (χ2n) is 7.40. The minimum atomic E-state index is -1.92. The minimum absolute atomic E-state index is 0.230. The summed E-state index contributed by atoms with van der Waals surface area (Å²) in [6, 6.07) is 18.8. The summed E-state index contributed by atoms with van der Waals surface area (Å²) in [4.78, 5) is 10.7. The van der Waals surface area contributed by atoms with E-state index in [-0.39, 0.29) is 10.5 Å². The summed E-state index contributed by atoms with van der Waals surface area (Å²) in [7, 11) is -1.92. The average Bonchev–Trinajstić information content (AvgIpc) is 2.61. The van der Waals surface area contributed by atoms with Gasteiger partial charge in [-0.3, -0.25) is 10.1 Å². The van der Waals surface area contributed by atoms with E-state index in [0.29, 0.717) is 0 Å². The third-order valence-electron chi connectivity index (χ3n) is 5.49. The van der Waals surface area contributed by atoms with Gasteiger partial charge in [0.05, 0.1) is 13.0 Å². The predicted octanol–water partition coefficient (Wildman–Crippen LogP) is 4.75. The average molecular weight is 350 g/mol. The van der Waals surface area contributed by atoms with Crippen LogP contribution in [0.4, 0.5) is 0 Å². The van der Waals surface area contributed by atoms with Crippen molar-refractivity contribution in [3.05, 3.63) is 94.2 Å². The van der Waals surface area contributed by atoms with Gasteiger partial charge in [-0.05, 0) is 22.7 Å². The summed E-state index contributed by atoms with van der Waals surface area (Å²) in [5.41, 5.74) is 2.14. The summed E-state index contributed by atoms with van der Waals surface area (Å²) < 4.78 is 0. The highest BCUT2D eigenvalue weighted by Gasteiger charge is 2.46. The van der Waals surface area contributed by atoms with Crippen molar-refractivity contribution in [2.24, 2.45) is 0 Å². The van der Waals surface area contributed by atoms with Crippen molar-refractivity contribution in [3.8, 4) is 0 Å². The maximum Gasteiger partial charge on any atom is 0.231 e. The van der Waals surface area contributed by atoms with Gasteiger partial charge in [0.1, 0.15) is 0 Å². The second-order valence-corrected chi connectivity index (χ2v) is 12.0. The molecule has 4 heteroatoms. The van der Waals surface area contributed by atoms with Gasteiger partial charge in [-0.1, -0.05) is 92.0 Å². The number of fused-ring (bicyclic) bond motifs is 1. The molecule has 3 rings (SSSR count). The van der Waals surface area contributed by atoms with Crippen molar-refractivity contribution in [1.29, 1.82) is 0 Å². The highest BCUT2D eigenvalue weighted by Crippen LogP contribution is 2.48. The molecule has 0 aromatic heterocycles. The zero-order chi connectivity index (χ0) is 18.1. The first-order valence-corrected chi connectivity index (χ1v) is 11.6. The van der Waals surface area contributed by atoms with Crippen molar-refractivity contribution in [2.45, 2.75) is 31.0 Å². The lowest BCUT2D eigenvalue weighted by Crippen LogP contribution is -2.52. The van der Waals surface area contributed by atoms with E-state index >= 15 is 0 Å². The van der Waals surface area contributed by atoms with Crippen molar-refractivity contribution in [1.82, 2.24) is 0 Å². The number of nitro groups is 1. The van der Waals surface area contributed by atoms with Crippen LogP contribution in [0.1, 0.15) is 18.1 Å². The van der Waals surface area contributed by atoms with Gasteiger partial charge in [-0.25, -0.2) is 0 Å². The van der Waals surface area contributed by atoms with E-state index in [0.717, 1.165) is 17.3 Å². The Hall–Kier alpha value is -2.46. The number of rotatable bonds is 4. The highest BCUT2D eigenvalue weighted by atomic mass is 28.3. The smallest absolute Gasteiger partial charge is 0.231 e. The Balaban J connectivity index is 2.17. The molecule has 3 nitrogen and oxygen atoms in total. The maximum atomic E-state index is 11.0. The van der Waals surface area contributed by atoms with Crippen molar-refractivity contribution >= 4 is 19.3 Å². The lowest BCUT2D eigenvalue weighted by molar-refractivity contribution is -0.402. The summed E-state index contributed by atoms with van der Waals surface area (Å²) in [5, 5.41) is 12.4. The Morgan fingerprint density at radius 1 is 1.08 bits per heavy atom.